The van der Waals surface area contributed by atoms with Gasteiger partial charge in [-0.05, 0) is 24.1 Å². The zero-order valence-corrected chi connectivity index (χ0v) is 15.4. The van der Waals surface area contributed by atoms with Crippen LogP contribution in [0.15, 0.2) is 60.7 Å². The number of para-hydroxylation sites is 1. The van der Waals surface area contributed by atoms with E-state index in [1.54, 1.807) is 0 Å². The molecular weight excluding hydrogens is 306 g/mol. The second-order valence-electron chi connectivity index (χ2n) is 7.11. The molecule has 1 aliphatic rings. The van der Waals surface area contributed by atoms with Crippen molar-refractivity contribution in [2.24, 2.45) is 0 Å². The summed E-state index contributed by atoms with van der Waals surface area (Å²) in [5.74, 6) is 0. The molecule has 2 aromatic carbocycles. The number of unbranched alkanes of at least 4 members (excludes halogenated alkanes) is 5. The molecule has 0 aromatic heterocycles. The minimum atomic E-state index is 0.314. The molecule has 2 nitrogen and oxygen atoms in total. The summed E-state index contributed by atoms with van der Waals surface area (Å²) < 4.78 is 0. The summed E-state index contributed by atoms with van der Waals surface area (Å²) in [7, 11) is 0. The molecule has 3 rings (SSSR count). The number of hydrogen-bond donors (Lipinski definition) is 0. The lowest BCUT2D eigenvalue weighted by molar-refractivity contribution is 0.0758. The van der Waals surface area contributed by atoms with Crippen molar-refractivity contribution < 1.29 is 4.84 Å². The lowest BCUT2D eigenvalue weighted by atomic mass is 9.98. The zero-order valence-electron chi connectivity index (χ0n) is 15.4. The topological polar surface area (TPSA) is 12.5 Å². The van der Waals surface area contributed by atoms with Crippen LogP contribution in [-0.2, 0) is 4.84 Å². The van der Waals surface area contributed by atoms with Gasteiger partial charge in [-0.3, -0.25) is 4.84 Å². The lowest BCUT2D eigenvalue weighted by Gasteiger charge is -2.25. The van der Waals surface area contributed by atoms with Crippen molar-refractivity contribution in [1.82, 2.24) is 0 Å². The summed E-state index contributed by atoms with van der Waals surface area (Å²) in [5.41, 5.74) is 2.50. The maximum absolute atomic E-state index is 6.38. The Hall–Kier alpha value is -1.80. The number of benzene rings is 2. The minimum Gasteiger partial charge on any atom is -0.269 e. The van der Waals surface area contributed by atoms with Crippen LogP contribution in [0.1, 0.15) is 69.9 Å². The molecular formula is C23H31NO. The van der Waals surface area contributed by atoms with Gasteiger partial charge in [0.05, 0.1) is 17.8 Å². The van der Waals surface area contributed by atoms with Crippen LogP contribution in [-0.4, -0.2) is 6.10 Å². The molecule has 0 unspecified atom stereocenters. The molecule has 2 aromatic rings. The molecule has 0 amide bonds. The second-order valence-corrected chi connectivity index (χ2v) is 7.11. The monoisotopic (exact) mass is 337 g/mol. The van der Waals surface area contributed by atoms with E-state index in [9.17, 15) is 0 Å². The summed E-state index contributed by atoms with van der Waals surface area (Å²) in [4.78, 5) is 6.38. The highest BCUT2D eigenvalue weighted by Gasteiger charge is 2.34. The van der Waals surface area contributed by atoms with Gasteiger partial charge in [0.15, 0.2) is 0 Å². The van der Waals surface area contributed by atoms with Crippen LogP contribution >= 0.6 is 0 Å². The van der Waals surface area contributed by atoms with Crippen LogP contribution in [0, 0.1) is 0 Å². The molecule has 134 valence electrons. The molecule has 2 atom stereocenters. The third-order valence-corrected chi connectivity index (χ3v) is 5.11. The molecule has 1 fully saturated rings. The standard InChI is InChI=1S/C23H31NO/c1-2-3-4-5-6-13-18-22-19-23(20-14-9-7-10-15-20)24(25-22)21-16-11-8-12-17-21/h7-12,14-17,22-23H,2-6,13,18-19H2,1H3/t22-,23-/m0/s1. The van der Waals surface area contributed by atoms with E-state index in [-0.39, 0.29) is 0 Å². The fourth-order valence-corrected chi connectivity index (χ4v) is 3.71. The molecule has 0 bridgehead atoms. The van der Waals surface area contributed by atoms with E-state index < -0.39 is 0 Å². The Bertz CT molecular complexity index is 551. The van der Waals surface area contributed by atoms with Gasteiger partial charge in [0.1, 0.15) is 0 Å². The highest BCUT2D eigenvalue weighted by Crippen LogP contribution is 2.39. The molecule has 0 spiro atoms. The molecule has 0 radical (unpaired) electrons. The smallest absolute Gasteiger partial charge is 0.0880 e. The molecule has 25 heavy (non-hydrogen) atoms. The van der Waals surface area contributed by atoms with Gasteiger partial charge in [0, 0.05) is 6.42 Å². The molecule has 1 aliphatic heterocycles. The molecule has 0 aliphatic carbocycles. The zero-order chi connectivity index (χ0) is 17.3. The van der Waals surface area contributed by atoms with Gasteiger partial charge < -0.3 is 0 Å². The molecule has 2 heteroatoms. The minimum absolute atomic E-state index is 0.314. The maximum Gasteiger partial charge on any atom is 0.0880 e. The van der Waals surface area contributed by atoms with Crippen LogP contribution in [0.3, 0.4) is 0 Å². The van der Waals surface area contributed by atoms with E-state index >= 15 is 0 Å². The van der Waals surface area contributed by atoms with Crippen molar-refractivity contribution in [3.63, 3.8) is 0 Å². The van der Waals surface area contributed by atoms with Crippen molar-refractivity contribution >= 4 is 5.69 Å². The van der Waals surface area contributed by atoms with Crippen LogP contribution < -0.4 is 5.06 Å². The number of rotatable bonds is 9. The van der Waals surface area contributed by atoms with E-state index in [2.05, 4.69) is 72.7 Å². The van der Waals surface area contributed by atoms with Crippen molar-refractivity contribution in [2.75, 3.05) is 5.06 Å². The highest BCUT2D eigenvalue weighted by atomic mass is 16.7. The summed E-state index contributed by atoms with van der Waals surface area (Å²) in [6.07, 6.45) is 10.6. The molecule has 0 saturated carbocycles. The highest BCUT2D eigenvalue weighted by molar-refractivity contribution is 5.47. The Morgan fingerprint density at radius 2 is 1.48 bits per heavy atom. The van der Waals surface area contributed by atoms with E-state index in [1.165, 1.54) is 50.5 Å². The predicted octanol–water partition coefficient (Wildman–Crippen LogP) is 6.69. The number of nitrogens with zero attached hydrogens (tertiary/aromatic N) is 1. The van der Waals surface area contributed by atoms with Crippen molar-refractivity contribution in [2.45, 2.75) is 70.4 Å². The van der Waals surface area contributed by atoms with Crippen LogP contribution in [0.25, 0.3) is 0 Å². The summed E-state index contributed by atoms with van der Waals surface area (Å²) >= 11 is 0. The normalized spacial score (nSPS) is 20.1. The first-order chi connectivity index (χ1) is 12.4. The average Bonchev–Trinajstić information content (AvgIpc) is 3.10. The lowest BCUT2D eigenvalue weighted by Crippen LogP contribution is -2.21. The quantitative estimate of drug-likeness (QED) is 0.473. The Kier molecular flexibility index (Phi) is 6.93. The summed E-state index contributed by atoms with van der Waals surface area (Å²) in [6.45, 7) is 2.27. The first kappa shape index (κ1) is 18.0. The van der Waals surface area contributed by atoms with Crippen LogP contribution in [0.2, 0.25) is 0 Å². The third kappa shape index (κ3) is 5.09. The fraction of sp³-hybridized carbons (Fsp3) is 0.478. The van der Waals surface area contributed by atoms with Gasteiger partial charge in [0.25, 0.3) is 0 Å². The number of anilines is 1. The Morgan fingerprint density at radius 3 is 2.20 bits per heavy atom. The molecule has 0 N–H and O–H groups in total. The molecule has 1 saturated heterocycles. The van der Waals surface area contributed by atoms with Crippen molar-refractivity contribution in [1.29, 1.82) is 0 Å². The summed E-state index contributed by atoms with van der Waals surface area (Å²) in [6, 6.07) is 21.6. The average molecular weight is 338 g/mol. The van der Waals surface area contributed by atoms with Gasteiger partial charge in [-0.1, -0.05) is 94.0 Å². The van der Waals surface area contributed by atoms with Gasteiger partial charge >= 0.3 is 0 Å². The molecule has 1 heterocycles. The van der Waals surface area contributed by atoms with E-state index in [0.717, 1.165) is 12.1 Å². The third-order valence-electron chi connectivity index (χ3n) is 5.11. The predicted molar refractivity (Wildman–Crippen MR) is 106 cm³/mol. The van der Waals surface area contributed by atoms with Crippen molar-refractivity contribution in [3.05, 3.63) is 66.2 Å². The van der Waals surface area contributed by atoms with Gasteiger partial charge in [-0.25, -0.2) is 5.06 Å². The first-order valence-electron chi connectivity index (χ1n) is 9.94. The van der Waals surface area contributed by atoms with Crippen molar-refractivity contribution in [3.8, 4) is 0 Å². The Morgan fingerprint density at radius 1 is 0.840 bits per heavy atom. The SMILES string of the molecule is CCCCCCCC[C@H]1C[C@@H](c2ccccc2)N(c2ccccc2)O1. The first-order valence-corrected chi connectivity index (χ1v) is 9.94. The van der Waals surface area contributed by atoms with Gasteiger partial charge in [-0.2, -0.15) is 0 Å². The van der Waals surface area contributed by atoms with Gasteiger partial charge in [-0.15, -0.1) is 0 Å². The van der Waals surface area contributed by atoms with Crippen LogP contribution in [0.5, 0.6) is 0 Å². The van der Waals surface area contributed by atoms with E-state index in [1.807, 2.05) is 0 Å². The fourth-order valence-electron chi connectivity index (χ4n) is 3.71. The van der Waals surface area contributed by atoms with Gasteiger partial charge in [0.2, 0.25) is 0 Å². The Labute approximate surface area is 152 Å². The number of hydroxylamine groups is 1. The van der Waals surface area contributed by atoms with E-state index in [0.29, 0.717) is 12.1 Å². The Balaban J connectivity index is 1.60. The number of hydrogen-bond acceptors (Lipinski definition) is 2. The largest absolute Gasteiger partial charge is 0.269 e. The maximum atomic E-state index is 6.38. The van der Waals surface area contributed by atoms with Crippen LogP contribution in [0.4, 0.5) is 5.69 Å². The van der Waals surface area contributed by atoms with E-state index in [4.69, 9.17) is 4.84 Å². The summed E-state index contributed by atoms with van der Waals surface area (Å²) in [5, 5.41) is 2.14. The second kappa shape index (κ2) is 9.62.